The van der Waals surface area contributed by atoms with E-state index in [0.29, 0.717) is 6.54 Å². The lowest BCUT2D eigenvalue weighted by Crippen LogP contribution is -2.04. The summed E-state index contributed by atoms with van der Waals surface area (Å²) in [5.41, 5.74) is 4.69. The van der Waals surface area contributed by atoms with Crippen molar-refractivity contribution in [2.75, 3.05) is 11.9 Å². The smallest absolute Gasteiger partial charge is 0.174 e. The van der Waals surface area contributed by atoms with Crippen LogP contribution in [0.2, 0.25) is 0 Å². The highest BCUT2D eigenvalue weighted by Gasteiger charge is 2.04. The summed E-state index contributed by atoms with van der Waals surface area (Å²) >= 11 is 0. The Labute approximate surface area is 119 Å². The lowest BCUT2D eigenvalue weighted by atomic mass is 10.1. The van der Waals surface area contributed by atoms with Gasteiger partial charge in [-0.25, -0.2) is 0 Å². The zero-order valence-corrected chi connectivity index (χ0v) is 11.8. The summed E-state index contributed by atoms with van der Waals surface area (Å²) in [6, 6.07) is 16.0. The van der Waals surface area contributed by atoms with Crippen LogP contribution in [-0.4, -0.2) is 6.61 Å². The third-order valence-corrected chi connectivity index (χ3v) is 3.34. The van der Waals surface area contributed by atoms with Gasteiger partial charge in [-0.1, -0.05) is 30.3 Å². The van der Waals surface area contributed by atoms with Gasteiger partial charge in [-0.15, -0.1) is 0 Å². The molecule has 0 spiro atoms. The molecule has 0 aliphatic carbocycles. The highest BCUT2D eigenvalue weighted by Crippen LogP contribution is 2.22. The molecule has 3 heteroatoms. The molecule has 0 radical (unpaired) electrons. The maximum absolute atomic E-state index is 8.60. The minimum atomic E-state index is 0.0699. The minimum Gasteiger partial charge on any atom is -0.478 e. The first-order chi connectivity index (χ1) is 9.72. The molecule has 102 valence electrons. The molecule has 0 aromatic heterocycles. The van der Waals surface area contributed by atoms with Crippen LogP contribution < -0.4 is 10.1 Å². The Morgan fingerprint density at radius 2 is 1.90 bits per heavy atom. The molecule has 2 rings (SSSR count). The van der Waals surface area contributed by atoms with Crippen LogP contribution >= 0.6 is 0 Å². The van der Waals surface area contributed by atoms with Gasteiger partial charge in [0.2, 0.25) is 0 Å². The topological polar surface area (TPSA) is 45.0 Å². The van der Waals surface area contributed by atoms with Crippen molar-refractivity contribution in [1.82, 2.24) is 0 Å². The molecule has 0 bridgehead atoms. The van der Waals surface area contributed by atoms with Crippen LogP contribution in [0.1, 0.15) is 16.7 Å². The second-order valence-corrected chi connectivity index (χ2v) is 4.66. The Hall–Kier alpha value is -2.47. The number of nitriles is 1. The van der Waals surface area contributed by atoms with E-state index in [1.165, 1.54) is 11.1 Å². The van der Waals surface area contributed by atoms with Crippen molar-refractivity contribution < 1.29 is 4.74 Å². The Kier molecular flexibility index (Phi) is 4.62. The van der Waals surface area contributed by atoms with E-state index in [4.69, 9.17) is 10.00 Å². The van der Waals surface area contributed by atoms with Crippen LogP contribution in [0.15, 0.2) is 42.5 Å². The van der Waals surface area contributed by atoms with Gasteiger partial charge in [-0.2, -0.15) is 5.26 Å². The molecule has 0 atom stereocenters. The summed E-state index contributed by atoms with van der Waals surface area (Å²) in [6.07, 6.45) is 0. The lowest BCUT2D eigenvalue weighted by molar-refractivity contribution is 0.364. The Morgan fingerprint density at radius 3 is 2.70 bits per heavy atom. The zero-order chi connectivity index (χ0) is 14.4. The molecular weight excluding hydrogens is 248 g/mol. The summed E-state index contributed by atoms with van der Waals surface area (Å²) in [5.74, 6) is 0.756. The number of nitrogens with zero attached hydrogens (tertiary/aromatic N) is 1. The molecule has 0 fully saturated rings. The molecule has 0 aliphatic rings. The maximum Gasteiger partial charge on any atom is 0.174 e. The standard InChI is InChI=1S/C17H18N2O/c1-13-6-5-8-16(14(13)2)19-12-15-7-3-4-9-17(15)20-11-10-18/h3-9,19H,11-12H2,1-2H3. The lowest BCUT2D eigenvalue weighted by Gasteiger charge is -2.13. The van der Waals surface area contributed by atoms with Crippen LogP contribution in [-0.2, 0) is 6.54 Å². The van der Waals surface area contributed by atoms with Crippen molar-refractivity contribution in [3.8, 4) is 11.8 Å². The largest absolute Gasteiger partial charge is 0.478 e. The van der Waals surface area contributed by atoms with Crippen LogP contribution in [0.5, 0.6) is 5.75 Å². The molecule has 0 aliphatic heterocycles. The Morgan fingerprint density at radius 1 is 1.10 bits per heavy atom. The number of anilines is 1. The predicted octanol–water partition coefficient (Wildman–Crippen LogP) is 3.82. The number of aryl methyl sites for hydroxylation is 1. The maximum atomic E-state index is 8.60. The summed E-state index contributed by atoms with van der Waals surface area (Å²) in [6.45, 7) is 4.95. The van der Waals surface area contributed by atoms with Crippen molar-refractivity contribution in [3.63, 3.8) is 0 Å². The molecule has 0 amide bonds. The van der Waals surface area contributed by atoms with Crippen LogP contribution in [0.3, 0.4) is 0 Å². The van der Waals surface area contributed by atoms with Crippen LogP contribution in [0, 0.1) is 25.2 Å². The number of rotatable bonds is 5. The van der Waals surface area contributed by atoms with E-state index in [1.54, 1.807) is 0 Å². The fourth-order valence-corrected chi connectivity index (χ4v) is 2.03. The number of ether oxygens (including phenoxy) is 1. The van der Waals surface area contributed by atoms with Gasteiger partial charge in [-0.3, -0.25) is 0 Å². The van der Waals surface area contributed by atoms with E-state index >= 15 is 0 Å². The fourth-order valence-electron chi connectivity index (χ4n) is 2.03. The monoisotopic (exact) mass is 266 g/mol. The molecule has 0 heterocycles. The second-order valence-electron chi connectivity index (χ2n) is 4.66. The van der Waals surface area contributed by atoms with Crippen LogP contribution in [0.25, 0.3) is 0 Å². The molecule has 0 saturated heterocycles. The average molecular weight is 266 g/mol. The normalized spacial score (nSPS) is 9.85. The van der Waals surface area contributed by atoms with E-state index in [0.717, 1.165) is 17.0 Å². The molecule has 2 aromatic rings. The molecule has 2 aromatic carbocycles. The molecule has 20 heavy (non-hydrogen) atoms. The minimum absolute atomic E-state index is 0.0699. The fraction of sp³-hybridized carbons (Fsp3) is 0.235. The van der Waals surface area contributed by atoms with Gasteiger partial charge in [0, 0.05) is 17.8 Å². The SMILES string of the molecule is Cc1cccc(NCc2ccccc2OCC#N)c1C. The van der Waals surface area contributed by atoms with E-state index in [9.17, 15) is 0 Å². The number of hydrogen-bond acceptors (Lipinski definition) is 3. The van der Waals surface area contributed by atoms with Gasteiger partial charge < -0.3 is 10.1 Å². The first kappa shape index (κ1) is 14.0. The second kappa shape index (κ2) is 6.63. The quantitative estimate of drug-likeness (QED) is 0.894. The average Bonchev–Trinajstić information content (AvgIpc) is 2.47. The highest BCUT2D eigenvalue weighted by molar-refractivity contribution is 5.54. The van der Waals surface area contributed by atoms with Gasteiger partial charge in [0.25, 0.3) is 0 Å². The van der Waals surface area contributed by atoms with Crippen molar-refractivity contribution in [3.05, 3.63) is 59.2 Å². The summed E-state index contributed by atoms with van der Waals surface area (Å²) in [5, 5.41) is 12.0. The van der Waals surface area contributed by atoms with Crippen molar-refractivity contribution in [1.29, 1.82) is 5.26 Å². The number of benzene rings is 2. The Balaban J connectivity index is 2.11. The summed E-state index contributed by atoms with van der Waals surface area (Å²) in [4.78, 5) is 0. The van der Waals surface area contributed by atoms with Gasteiger partial charge in [0.1, 0.15) is 11.8 Å². The number of nitrogens with one attached hydrogen (secondary N) is 1. The van der Waals surface area contributed by atoms with Crippen molar-refractivity contribution in [2.24, 2.45) is 0 Å². The summed E-state index contributed by atoms with van der Waals surface area (Å²) in [7, 11) is 0. The Bertz CT molecular complexity index is 629. The highest BCUT2D eigenvalue weighted by atomic mass is 16.5. The molecule has 0 saturated carbocycles. The third kappa shape index (κ3) is 3.30. The van der Waals surface area contributed by atoms with Crippen molar-refractivity contribution in [2.45, 2.75) is 20.4 Å². The van der Waals surface area contributed by atoms with Gasteiger partial charge >= 0.3 is 0 Å². The van der Waals surface area contributed by atoms with Gasteiger partial charge in [-0.05, 0) is 37.1 Å². The predicted molar refractivity (Wildman–Crippen MR) is 80.8 cm³/mol. The molecule has 1 N–H and O–H groups in total. The van der Waals surface area contributed by atoms with E-state index in [-0.39, 0.29) is 6.61 Å². The molecular formula is C17H18N2O. The van der Waals surface area contributed by atoms with E-state index in [2.05, 4.69) is 31.3 Å². The van der Waals surface area contributed by atoms with Crippen molar-refractivity contribution >= 4 is 5.69 Å². The number of para-hydroxylation sites is 1. The molecule has 0 unspecified atom stereocenters. The zero-order valence-electron chi connectivity index (χ0n) is 11.8. The van der Waals surface area contributed by atoms with E-state index < -0.39 is 0 Å². The third-order valence-electron chi connectivity index (χ3n) is 3.34. The first-order valence-corrected chi connectivity index (χ1v) is 6.60. The first-order valence-electron chi connectivity index (χ1n) is 6.60. The van der Waals surface area contributed by atoms with Crippen LogP contribution in [0.4, 0.5) is 5.69 Å². The molecule has 3 nitrogen and oxygen atoms in total. The summed E-state index contributed by atoms with van der Waals surface area (Å²) < 4.78 is 5.43. The number of hydrogen-bond donors (Lipinski definition) is 1. The van der Waals surface area contributed by atoms with Gasteiger partial charge in [0.05, 0.1) is 0 Å². The van der Waals surface area contributed by atoms with Gasteiger partial charge in [0.15, 0.2) is 6.61 Å². The van der Waals surface area contributed by atoms with E-state index in [1.807, 2.05) is 36.4 Å².